The number of para-hydroxylation sites is 1. The van der Waals surface area contributed by atoms with Gasteiger partial charge in [-0.25, -0.2) is 9.97 Å². The van der Waals surface area contributed by atoms with Crippen LogP contribution in [0.3, 0.4) is 0 Å². The maximum absolute atomic E-state index is 13.9. The first-order valence-corrected chi connectivity index (χ1v) is 10.8. The lowest BCUT2D eigenvalue weighted by molar-refractivity contribution is -0.137. The van der Waals surface area contributed by atoms with Gasteiger partial charge >= 0.3 is 6.18 Å². The molecule has 3 aromatic heterocycles. The van der Waals surface area contributed by atoms with E-state index in [1.165, 1.54) is 0 Å². The van der Waals surface area contributed by atoms with Crippen molar-refractivity contribution in [2.75, 3.05) is 18.4 Å². The molecule has 172 valence electrons. The zero-order chi connectivity index (χ0) is 23.2. The first kappa shape index (κ1) is 21.4. The molecule has 4 heterocycles. The normalized spacial score (nSPS) is 16.9. The Morgan fingerprint density at radius 2 is 2.03 bits per heavy atom. The first-order valence-electron chi connectivity index (χ1n) is 10.8. The third kappa shape index (κ3) is 4.06. The second-order valence-corrected chi connectivity index (χ2v) is 8.37. The molecule has 33 heavy (non-hydrogen) atoms. The number of alkyl halides is 3. The lowest BCUT2D eigenvalue weighted by Gasteiger charge is -2.24. The van der Waals surface area contributed by atoms with Crippen molar-refractivity contribution in [3.63, 3.8) is 0 Å². The standard InChI is InChI=1S/C23H24F3N7/c1-13-18(12-33(2)32-13)16-7-3-6-15-17(10-28-20(15)16)21-19(23(24,25)26)11-29-22(31-21)30-14-5-4-8-27-9-14/h3,6-7,10-12,14,27-28H,4-5,8-9H2,1-2H3,(H,29,30,31)/t14-/m0/s1. The van der Waals surface area contributed by atoms with Crippen LogP contribution in [0.1, 0.15) is 24.1 Å². The second kappa shape index (κ2) is 8.18. The van der Waals surface area contributed by atoms with E-state index in [1.54, 1.807) is 16.9 Å². The zero-order valence-corrected chi connectivity index (χ0v) is 18.3. The van der Waals surface area contributed by atoms with Crippen molar-refractivity contribution in [2.45, 2.75) is 32.0 Å². The van der Waals surface area contributed by atoms with Gasteiger partial charge in [0, 0.05) is 60.3 Å². The van der Waals surface area contributed by atoms with Gasteiger partial charge in [0.25, 0.3) is 0 Å². The minimum absolute atomic E-state index is 0.0754. The first-order chi connectivity index (χ1) is 15.8. The van der Waals surface area contributed by atoms with E-state index in [0.717, 1.165) is 54.5 Å². The number of halogens is 3. The largest absolute Gasteiger partial charge is 0.419 e. The Morgan fingerprint density at radius 1 is 1.18 bits per heavy atom. The van der Waals surface area contributed by atoms with E-state index < -0.39 is 11.7 Å². The Morgan fingerprint density at radius 3 is 2.73 bits per heavy atom. The SMILES string of the molecule is Cc1nn(C)cc1-c1cccc2c(-c3nc(N[C@H]4CCCNC4)ncc3C(F)(F)F)c[nH]c12. The van der Waals surface area contributed by atoms with Gasteiger partial charge in [-0.3, -0.25) is 4.68 Å². The van der Waals surface area contributed by atoms with Crippen molar-refractivity contribution >= 4 is 16.9 Å². The summed E-state index contributed by atoms with van der Waals surface area (Å²) in [6.45, 7) is 3.56. The van der Waals surface area contributed by atoms with Crippen LogP contribution in [0.2, 0.25) is 0 Å². The molecule has 7 nitrogen and oxygen atoms in total. The number of hydrogen-bond acceptors (Lipinski definition) is 5. The van der Waals surface area contributed by atoms with Crippen LogP contribution in [0.15, 0.2) is 36.8 Å². The quantitative estimate of drug-likeness (QED) is 0.422. The number of piperidine rings is 1. The van der Waals surface area contributed by atoms with Crippen LogP contribution < -0.4 is 10.6 Å². The number of hydrogen-bond donors (Lipinski definition) is 3. The van der Waals surface area contributed by atoms with Crippen molar-refractivity contribution in [3.8, 4) is 22.4 Å². The Hall–Kier alpha value is -3.40. The summed E-state index contributed by atoms with van der Waals surface area (Å²) < 4.78 is 43.4. The summed E-state index contributed by atoms with van der Waals surface area (Å²) in [5, 5.41) is 11.5. The summed E-state index contributed by atoms with van der Waals surface area (Å²) in [6, 6.07) is 5.64. The summed E-state index contributed by atoms with van der Waals surface area (Å²) in [6.07, 6.45) is 1.67. The second-order valence-electron chi connectivity index (χ2n) is 8.37. The summed E-state index contributed by atoms with van der Waals surface area (Å²) in [5.74, 6) is 0.195. The van der Waals surface area contributed by atoms with E-state index in [9.17, 15) is 13.2 Å². The summed E-state index contributed by atoms with van der Waals surface area (Å²) in [4.78, 5) is 11.5. The van der Waals surface area contributed by atoms with Crippen molar-refractivity contribution < 1.29 is 13.2 Å². The van der Waals surface area contributed by atoms with Crippen LogP contribution in [0.25, 0.3) is 33.3 Å². The molecule has 3 N–H and O–H groups in total. The Kier molecular flexibility index (Phi) is 5.32. The number of anilines is 1. The summed E-state index contributed by atoms with van der Waals surface area (Å²) in [7, 11) is 1.84. The highest BCUT2D eigenvalue weighted by atomic mass is 19.4. The van der Waals surface area contributed by atoms with Crippen molar-refractivity contribution in [1.29, 1.82) is 0 Å². The molecular weight excluding hydrogens is 431 g/mol. The van der Waals surface area contributed by atoms with Gasteiger partial charge in [-0.05, 0) is 26.3 Å². The fourth-order valence-corrected chi connectivity index (χ4v) is 4.46. The minimum atomic E-state index is -4.58. The molecule has 0 unspecified atom stereocenters. The molecule has 0 bridgehead atoms. The summed E-state index contributed by atoms with van der Waals surface area (Å²) in [5.41, 5.74) is 2.75. The molecule has 4 aromatic rings. The zero-order valence-electron chi connectivity index (χ0n) is 18.3. The highest BCUT2D eigenvalue weighted by molar-refractivity contribution is 6.03. The van der Waals surface area contributed by atoms with E-state index >= 15 is 0 Å². The molecule has 1 aliphatic rings. The van der Waals surface area contributed by atoms with Gasteiger partial charge in [0.1, 0.15) is 5.56 Å². The Labute approximate surface area is 188 Å². The molecule has 10 heteroatoms. The molecule has 1 fully saturated rings. The molecule has 0 aliphatic carbocycles. The van der Waals surface area contributed by atoms with E-state index in [-0.39, 0.29) is 17.7 Å². The van der Waals surface area contributed by atoms with E-state index in [4.69, 9.17) is 0 Å². The van der Waals surface area contributed by atoms with Gasteiger partial charge in [0.05, 0.1) is 16.9 Å². The van der Waals surface area contributed by atoms with Gasteiger partial charge in [-0.15, -0.1) is 0 Å². The lowest BCUT2D eigenvalue weighted by Crippen LogP contribution is -2.38. The highest BCUT2D eigenvalue weighted by Crippen LogP contribution is 2.40. The monoisotopic (exact) mass is 455 g/mol. The van der Waals surface area contributed by atoms with E-state index in [1.807, 2.05) is 32.3 Å². The maximum Gasteiger partial charge on any atom is 0.419 e. The fraction of sp³-hybridized carbons (Fsp3) is 0.348. The molecule has 1 aromatic carbocycles. The van der Waals surface area contributed by atoms with Crippen molar-refractivity contribution in [2.24, 2.45) is 7.05 Å². The number of nitrogens with zero attached hydrogens (tertiary/aromatic N) is 4. The minimum Gasteiger partial charge on any atom is -0.360 e. The Balaban J connectivity index is 1.63. The number of nitrogens with one attached hydrogen (secondary N) is 3. The number of aromatic amines is 1. The van der Waals surface area contributed by atoms with Crippen molar-refractivity contribution in [3.05, 3.63) is 48.0 Å². The van der Waals surface area contributed by atoms with Crippen LogP contribution in [0, 0.1) is 6.92 Å². The summed E-state index contributed by atoms with van der Waals surface area (Å²) >= 11 is 0. The predicted octanol–water partition coefficient (Wildman–Crippen LogP) is 4.52. The third-order valence-electron chi connectivity index (χ3n) is 6.00. The average molecular weight is 455 g/mol. The molecule has 1 atom stereocenters. The maximum atomic E-state index is 13.9. The van der Waals surface area contributed by atoms with Gasteiger partial charge in [-0.1, -0.05) is 18.2 Å². The van der Waals surface area contributed by atoms with Crippen LogP contribution in [-0.2, 0) is 13.2 Å². The van der Waals surface area contributed by atoms with Crippen LogP contribution in [-0.4, -0.2) is 43.9 Å². The lowest BCUT2D eigenvalue weighted by atomic mass is 10.0. The molecule has 5 rings (SSSR count). The van der Waals surface area contributed by atoms with Gasteiger partial charge in [-0.2, -0.15) is 18.3 Å². The number of H-pyrrole nitrogens is 1. The average Bonchev–Trinajstić information content (AvgIpc) is 3.36. The van der Waals surface area contributed by atoms with Crippen molar-refractivity contribution in [1.82, 2.24) is 30.0 Å². The van der Waals surface area contributed by atoms with Crippen LogP contribution in [0.4, 0.5) is 19.1 Å². The Bertz CT molecular complexity index is 1300. The van der Waals surface area contributed by atoms with Crippen LogP contribution >= 0.6 is 0 Å². The molecular formula is C23H24F3N7. The third-order valence-corrected chi connectivity index (χ3v) is 6.00. The molecule has 0 radical (unpaired) electrons. The van der Waals surface area contributed by atoms with E-state index in [2.05, 4.69) is 30.7 Å². The highest BCUT2D eigenvalue weighted by Gasteiger charge is 2.36. The molecule has 1 saturated heterocycles. The molecule has 0 amide bonds. The molecule has 0 saturated carbocycles. The van der Waals surface area contributed by atoms with Crippen LogP contribution in [0.5, 0.6) is 0 Å². The number of fused-ring (bicyclic) bond motifs is 1. The van der Waals surface area contributed by atoms with E-state index in [0.29, 0.717) is 10.9 Å². The number of rotatable bonds is 4. The fourth-order valence-electron chi connectivity index (χ4n) is 4.46. The molecule has 0 spiro atoms. The molecule has 1 aliphatic heterocycles. The number of aryl methyl sites for hydroxylation is 2. The smallest absolute Gasteiger partial charge is 0.360 e. The van der Waals surface area contributed by atoms with Gasteiger partial charge in [0.15, 0.2) is 0 Å². The predicted molar refractivity (Wildman–Crippen MR) is 121 cm³/mol. The topological polar surface area (TPSA) is 83.4 Å². The number of aromatic nitrogens is 5. The van der Waals surface area contributed by atoms with Gasteiger partial charge < -0.3 is 15.6 Å². The number of benzene rings is 1. The van der Waals surface area contributed by atoms with Gasteiger partial charge in [0.2, 0.25) is 5.95 Å².